The minimum atomic E-state index is 0.528. The minimum absolute atomic E-state index is 0.528. The summed E-state index contributed by atoms with van der Waals surface area (Å²) in [7, 11) is 1.73. The highest BCUT2D eigenvalue weighted by atomic mass is 16.5. The normalized spacial score (nSPS) is 19.7. The zero-order valence-corrected chi connectivity index (χ0v) is 11.9. The number of piperidine rings is 1. The van der Waals surface area contributed by atoms with E-state index in [4.69, 9.17) is 4.74 Å². The molecule has 1 unspecified atom stereocenters. The molecule has 0 amide bonds. The Labute approximate surface area is 115 Å². The van der Waals surface area contributed by atoms with E-state index < -0.39 is 0 Å². The van der Waals surface area contributed by atoms with Crippen molar-refractivity contribution in [1.82, 2.24) is 15.3 Å². The molecule has 0 radical (unpaired) electrons. The monoisotopic (exact) mass is 264 g/mol. The number of nitrogens with one attached hydrogen (secondary N) is 1. The second-order valence-corrected chi connectivity index (χ2v) is 5.00. The molecule has 19 heavy (non-hydrogen) atoms. The smallest absolute Gasteiger partial charge is 0.132 e. The predicted octanol–water partition coefficient (Wildman–Crippen LogP) is 1.38. The van der Waals surface area contributed by atoms with Crippen LogP contribution in [0.5, 0.6) is 0 Å². The third kappa shape index (κ3) is 4.14. The van der Waals surface area contributed by atoms with Gasteiger partial charge in [-0.3, -0.25) is 0 Å². The third-order valence-electron chi connectivity index (χ3n) is 3.55. The van der Waals surface area contributed by atoms with Crippen molar-refractivity contribution in [2.24, 2.45) is 0 Å². The molecule has 0 aromatic carbocycles. The number of methoxy groups -OCH3 is 1. The van der Waals surface area contributed by atoms with Gasteiger partial charge >= 0.3 is 0 Å². The fourth-order valence-electron chi connectivity index (χ4n) is 2.56. The average Bonchev–Trinajstić information content (AvgIpc) is 2.44. The van der Waals surface area contributed by atoms with Crippen LogP contribution < -0.4 is 10.2 Å². The van der Waals surface area contributed by atoms with Crippen molar-refractivity contribution in [1.29, 1.82) is 0 Å². The molecule has 0 bridgehead atoms. The number of anilines is 1. The zero-order valence-electron chi connectivity index (χ0n) is 11.9. The first-order valence-electron chi connectivity index (χ1n) is 7.07. The lowest BCUT2D eigenvalue weighted by molar-refractivity contribution is 0.198. The molecule has 0 saturated carbocycles. The molecule has 5 heteroatoms. The number of aromatic nitrogens is 2. The first-order chi connectivity index (χ1) is 9.31. The summed E-state index contributed by atoms with van der Waals surface area (Å²) in [6.45, 7) is 5.70. The highest BCUT2D eigenvalue weighted by Gasteiger charge is 2.23. The summed E-state index contributed by atoms with van der Waals surface area (Å²) in [6.07, 6.45) is 5.62. The molecule has 1 aliphatic rings. The molecule has 106 valence electrons. The van der Waals surface area contributed by atoms with Crippen LogP contribution in [0.15, 0.2) is 12.3 Å². The standard InChI is InChI=1S/C14H24N4O/c1-12-16-7-6-14(17-12)18-9-4-3-5-13(18)11-15-8-10-19-2/h6-7,13,15H,3-5,8-11H2,1-2H3. The van der Waals surface area contributed by atoms with E-state index in [2.05, 4.69) is 20.2 Å². The number of hydrogen-bond acceptors (Lipinski definition) is 5. The van der Waals surface area contributed by atoms with E-state index in [1.807, 2.05) is 19.2 Å². The summed E-state index contributed by atoms with van der Waals surface area (Å²) in [6, 6.07) is 2.54. The lowest BCUT2D eigenvalue weighted by Crippen LogP contribution is -2.46. The van der Waals surface area contributed by atoms with Crippen molar-refractivity contribution in [2.75, 3.05) is 38.3 Å². The number of rotatable bonds is 6. The summed E-state index contributed by atoms with van der Waals surface area (Å²) in [5.74, 6) is 1.90. The van der Waals surface area contributed by atoms with Crippen molar-refractivity contribution in [3.8, 4) is 0 Å². The molecular weight excluding hydrogens is 240 g/mol. The van der Waals surface area contributed by atoms with Crippen LogP contribution in [-0.2, 0) is 4.74 Å². The molecule has 1 atom stereocenters. The van der Waals surface area contributed by atoms with Gasteiger partial charge in [0.15, 0.2) is 0 Å². The highest BCUT2D eigenvalue weighted by molar-refractivity contribution is 5.39. The molecule has 2 rings (SSSR count). The van der Waals surface area contributed by atoms with Crippen LogP contribution in [0.2, 0.25) is 0 Å². The topological polar surface area (TPSA) is 50.3 Å². The highest BCUT2D eigenvalue weighted by Crippen LogP contribution is 2.22. The number of ether oxygens (including phenoxy) is 1. The van der Waals surface area contributed by atoms with Gasteiger partial charge in [-0.15, -0.1) is 0 Å². The van der Waals surface area contributed by atoms with Gasteiger partial charge in [-0.2, -0.15) is 0 Å². The molecule has 0 spiro atoms. The molecule has 2 heterocycles. The second-order valence-electron chi connectivity index (χ2n) is 5.00. The van der Waals surface area contributed by atoms with Gasteiger partial charge < -0.3 is 15.0 Å². The molecule has 1 aromatic heterocycles. The molecule has 1 aliphatic heterocycles. The van der Waals surface area contributed by atoms with Gasteiger partial charge in [0.05, 0.1) is 6.61 Å². The molecular formula is C14H24N4O. The van der Waals surface area contributed by atoms with Crippen molar-refractivity contribution in [3.05, 3.63) is 18.1 Å². The van der Waals surface area contributed by atoms with Crippen LogP contribution in [0.1, 0.15) is 25.1 Å². The van der Waals surface area contributed by atoms with Gasteiger partial charge in [-0.25, -0.2) is 9.97 Å². The molecule has 1 fully saturated rings. The number of aryl methyl sites for hydroxylation is 1. The van der Waals surface area contributed by atoms with Crippen molar-refractivity contribution in [2.45, 2.75) is 32.2 Å². The van der Waals surface area contributed by atoms with Crippen molar-refractivity contribution in [3.63, 3.8) is 0 Å². The van der Waals surface area contributed by atoms with Crippen LogP contribution in [0, 0.1) is 6.92 Å². The maximum Gasteiger partial charge on any atom is 0.132 e. The molecule has 0 aliphatic carbocycles. The van der Waals surface area contributed by atoms with Crippen LogP contribution in [-0.4, -0.2) is 49.4 Å². The second kappa shape index (κ2) is 7.40. The van der Waals surface area contributed by atoms with Gasteiger partial charge in [0.2, 0.25) is 0 Å². The van der Waals surface area contributed by atoms with Gasteiger partial charge in [0.1, 0.15) is 11.6 Å². The Morgan fingerprint density at radius 2 is 2.37 bits per heavy atom. The summed E-state index contributed by atoms with van der Waals surface area (Å²) < 4.78 is 5.06. The van der Waals surface area contributed by atoms with E-state index in [-0.39, 0.29) is 0 Å². The van der Waals surface area contributed by atoms with E-state index in [1.165, 1.54) is 19.3 Å². The van der Waals surface area contributed by atoms with Gasteiger partial charge in [0, 0.05) is 39.0 Å². The van der Waals surface area contributed by atoms with E-state index in [0.717, 1.165) is 37.9 Å². The van der Waals surface area contributed by atoms with Gasteiger partial charge in [-0.05, 0) is 32.3 Å². The summed E-state index contributed by atoms with van der Waals surface area (Å²) >= 11 is 0. The maximum absolute atomic E-state index is 5.06. The Morgan fingerprint density at radius 1 is 1.47 bits per heavy atom. The van der Waals surface area contributed by atoms with E-state index in [0.29, 0.717) is 6.04 Å². The summed E-state index contributed by atoms with van der Waals surface area (Å²) in [4.78, 5) is 11.1. The number of nitrogens with zero attached hydrogens (tertiary/aromatic N) is 3. The zero-order chi connectivity index (χ0) is 13.5. The fourth-order valence-corrected chi connectivity index (χ4v) is 2.56. The van der Waals surface area contributed by atoms with Crippen molar-refractivity contribution < 1.29 is 4.74 Å². The minimum Gasteiger partial charge on any atom is -0.383 e. The van der Waals surface area contributed by atoms with Crippen LogP contribution in [0.4, 0.5) is 5.82 Å². The summed E-state index contributed by atoms with van der Waals surface area (Å²) in [5.41, 5.74) is 0. The molecule has 1 N–H and O–H groups in total. The quantitative estimate of drug-likeness (QED) is 0.787. The molecule has 5 nitrogen and oxygen atoms in total. The predicted molar refractivity (Wildman–Crippen MR) is 76.5 cm³/mol. The average molecular weight is 264 g/mol. The lowest BCUT2D eigenvalue weighted by atomic mass is 10.0. The Hall–Kier alpha value is -1.20. The van der Waals surface area contributed by atoms with Crippen LogP contribution in [0.25, 0.3) is 0 Å². The SMILES string of the molecule is COCCNCC1CCCCN1c1ccnc(C)n1. The first-order valence-corrected chi connectivity index (χ1v) is 7.07. The Morgan fingerprint density at radius 3 is 3.16 bits per heavy atom. The largest absolute Gasteiger partial charge is 0.383 e. The number of hydrogen-bond donors (Lipinski definition) is 1. The first kappa shape index (κ1) is 14.2. The summed E-state index contributed by atoms with van der Waals surface area (Å²) in [5, 5.41) is 3.46. The van der Waals surface area contributed by atoms with E-state index in [1.54, 1.807) is 7.11 Å². The Balaban J connectivity index is 1.95. The Bertz CT molecular complexity index is 385. The van der Waals surface area contributed by atoms with Crippen molar-refractivity contribution >= 4 is 5.82 Å². The van der Waals surface area contributed by atoms with Crippen LogP contribution >= 0.6 is 0 Å². The molecule has 1 saturated heterocycles. The lowest BCUT2D eigenvalue weighted by Gasteiger charge is -2.37. The van der Waals surface area contributed by atoms with Crippen LogP contribution in [0.3, 0.4) is 0 Å². The van der Waals surface area contributed by atoms with Gasteiger partial charge in [0.25, 0.3) is 0 Å². The maximum atomic E-state index is 5.06. The molecule has 1 aromatic rings. The third-order valence-corrected chi connectivity index (χ3v) is 3.55. The van der Waals surface area contributed by atoms with E-state index in [9.17, 15) is 0 Å². The van der Waals surface area contributed by atoms with Gasteiger partial charge in [-0.1, -0.05) is 0 Å². The Kier molecular flexibility index (Phi) is 5.54. The fraction of sp³-hybridized carbons (Fsp3) is 0.714. The van der Waals surface area contributed by atoms with E-state index >= 15 is 0 Å².